The number of para-hydroxylation sites is 2. The lowest BCUT2D eigenvalue weighted by Gasteiger charge is -1.95. The second-order valence-corrected chi connectivity index (χ2v) is 6.93. The van der Waals surface area contributed by atoms with Crippen molar-refractivity contribution in [2.45, 2.75) is 11.8 Å². The SMILES string of the molecule is Cc1ccc(S(=O)(=O)O)cc1.c1ccc2c(c1)[nH]c1ccccc12. The average molecular weight is 339 g/mol. The van der Waals surface area contributed by atoms with Crippen molar-refractivity contribution in [2.75, 3.05) is 0 Å². The summed E-state index contributed by atoms with van der Waals surface area (Å²) in [6, 6.07) is 22.7. The minimum absolute atomic E-state index is 0.0666. The molecule has 3 aromatic carbocycles. The van der Waals surface area contributed by atoms with Gasteiger partial charge in [-0.15, -0.1) is 0 Å². The molecule has 4 nitrogen and oxygen atoms in total. The second-order valence-electron chi connectivity index (χ2n) is 5.50. The van der Waals surface area contributed by atoms with E-state index in [-0.39, 0.29) is 4.90 Å². The van der Waals surface area contributed by atoms with Gasteiger partial charge in [-0.1, -0.05) is 54.1 Å². The zero-order valence-corrected chi connectivity index (χ0v) is 13.9. The van der Waals surface area contributed by atoms with Gasteiger partial charge in [0.15, 0.2) is 0 Å². The Balaban J connectivity index is 0.000000144. The largest absolute Gasteiger partial charge is 0.355 e. The Morgan fingerprint density at radius 3 is 1.67 bits per heavy atom. The second kappa shape index (κ2) is 6.47. The van der Waals surface area contributed by atoms with Crippen LogP contribution in [0.2, 0.25) is 0 Å². The summed E-state index contributed by atoms with van der Waals surface area (Å²) < 4.78 is 29.6. The van der Waals surface area contributed by atoms with Gasteiger partial charge in [0.2, 0.25) is 0 Å². The van der Waals surface area contributed by atoms with Gasteiger partial charge in [0.25, 0.3) is 10.1 Å². The molecule has 0 unspecified atom stereocenters. The fourth-order valence-corrected chi connectivity index (χ4v) is 2.99. The molecule has 0 saturated carbocycles. The molecule has 4 aromatic rings. The lowest BCUT2D eigenvalue weighted by atomic mass is 10.2. The Morgan fingerprint density at radius 2 is 1.21 bits per heavy atom. The summed E-state index contributed by atoms with van der Waals surface area (Å²) in [6.07, 6.45) is 0. The first kappa shape index (κ1) is 16.2. The van der Waals surface area contributed by atoms with E-state index in [1.54, 1.807) is 12.1 Å². The third kappa shape index (κ3) is 3.48. The number of benzene rings is 3. The van der Waals surface area contributed by atoms with Crippen molar-refractivity contribution in [2.24, 2.45) is 0 Å². The molecule has 0 radical (unpaired) electrons. The van der Waals surface area contributed by atoms with Gasteiger partial charge in [0, 0.05) is 21.8 Å². The van der Waals surface area contributed by atoms with Crippen LogP contribution in [-0.2, 0) is 10.1 Å². The molecule has 0 atom stereocenters. The van der Waals surface area contributed by atoms with Crippen LogP contribution in [0.3, 0.4) is 0 Å². The Morgan fingerprint density at radius 1 is 0.750 bits per heavy atom. The van der Waals surface area contributed by atoms with E-state index in [4.69, 9.17) is 4.55 Å². The van der Waals surface area contributed by atoms with Gasteiger partial charge in [-0.05, 0) is 31.2 Å². The number of hydrogen-bond donors (Lipinski definition) is 2. The lowest BCUT2D eigenvalue weighted by Crippen LogP contribution is -1.96. The normalized spacial score (nSPS) is 11.2. The quantitative estimate of drug-likeness (QED) is 0.499. The van der Waals surface area contributed by atoms with E-state index in [1.165, 1.54) is 33.9 Å². The molecule has 5 heteroatoms. The summed E-state index contributed by atoms with van der Waals surface area (Å²) in [5.41, 5.74) is 3.38. The van der Waals surface area contributed by atoms with Crippen molar-refractivity contribution in [1.29, 1.82) is 0 Å². The monoisotopic (exact) mass is 339 g/mol. The molecule has 1 aromatic heterocycles. The summed E-state index contributed by atoms with van der Waals surface area (Å²) in [7, 11) is -4.02. The molecule has 122 valence electrons. The van der Waals surface area contributed by atoms with E-state index in [9.17, 15) is 8.42 Å². The molecule has 0 aliphatic heterocycles. The highest BCUT2D eigenvalue weighted by Gasteiger charge is 2.06. The van der Waals surface area contributed by atoms with Crippen LogP contribution < -0.4 is 0 Å². The van der Waals surface area contributed by atoms with Crippen LogP contribution in [-0.4, -0.2) is 18.0 Å². The van der Waals surface area contributed by atoms with Gasteiger partial charge in [0.05, 0.1) is 4.90 Å². The number of rotatable bonds is 1. The summed E-state index contributed by atoms with van der Waals surface area (Å²) >= 11 is 0. The van der Waals surface area contributed by atoms with E-state index < -0.39 is 10.1 Å². The maximum atomic E-state index is 10.5. The molecular formula is C19H17NO3S. The van der Waals surface area contributed by atoms with E-state index in [2.05, 4.69) is 53.5 Å². The lowest BCUT2D eigenvalue weighted by molar-refractivity contribution is 0.483. The molecular weight excluding hydrogens is 322 g/mol. The van der Waals surface area contributed by atoms with Crippen molar-refractivity contribution < 1.29 is 13.0 Å². The molecule has 1 heterocycles. The topological polar surface area (TPSA) is 70.2 Å². The first-order chi connectivity index (χ1) is 11.4. The predicted molar refractivity (Wildman–Crippen MR) is 96.8 cm³/mol. The molecule has 0 fully saturated rings. The number of aromatic amines is 1. The molecule has 0 spiro atoms. The molecule has 2 N–H and O–H groups in total. The maximum absolute atomic E-state index is 10.5. The molecule has 0 bridgehead atoms. The molecule has 0 amide bonds. The van der Waals surface area contributed by atoms with Crippen molar-refractivity contribution in [3.63, 3.8) is 0 Å². The summed E-state index contributed by atoms with van der Waals surface area (Å²) in [5.74, 6) is 0. The Bertz CT molecular complexity index is 1030. The standard InChI is InChI=1S/C12H9N.C7H8O3S/c1-3-7-11-9(5-1)10-6-2-4-8-12(10)13-11;1-6-2-4-7(5-3-6)11(8,9)10/h1-8,13H;2-5H,1H3,(H,8,9,10). The summed E-state index contributed by atoms with van der Waals surface area (Å²) in [6.45, 7) is 1.84. The van der Waals surface area contributed by atoms with E-state index in [1.807, 2.05) is 6.92 Å². The van der Waals surface area contributed by atoms with Gasteiger partial charge in [-0.25, -0.2) is 0 Å². The number of nitrogens with one attached hydrogen (secondary N) is 1. The first-order valence-electron chi connectivity index (χ1n) is 7.45. The van der Waals surface area contributed by atoms with Crippen LogP contribution in [0, 0.1) is 6.92 Å². The van der Waals surface area contributed by atoms with Gasteiger partial charge in [-0.2, -0.15) is 8.42 Å². The van der Waals surface area contributed by atoms with E-state index in [0.29, 0.717) is 0 Å². The highest BCUT2D eigenvalue weighted by molar-refractivity contribution is 7.85. The smallest absolute Gasteiger partial charge is 0.294 e. The predicted octanol–water partition coefficient (Wildman–Crippen LogP) is 4.56. The van der Waals surface area contributed by atoms with Gasteiger partial charge in [0.1, 0.15) is 0 Å². The van der Waals surface area contributed by atoms with Gasteiger partial charge < -0.3 is 4.98 Å². The molecule has 0 aliphatic rings. The van der Waals surface area contributed by atoms with Crippen LogP contribution in [0.25, 0.3) is 21.8 Å². The van der Waals surface area contributed by atoms with E-state index >= 15 is 0 Å². The van der Waals surface area contributed by atoms with Crippen molar-refractivity contribution in [1.82, 2.24) is 4.98 Å². The van der Waals surface area contributed by atoms with Crippen molar-refractivity contribution in [3.05, 3.63) is 78.4 Å². The Labute approximate surface area is 140 Å². The number of hydrogen-bond acceptors (Lipinski definition) is 2. The summed E-state index contributed by atoms with van der Waals surface area (Å²) in [4.78, 5) is 3.31. The van der Waals surface area contributed by atoms with Gasteiger partial charge in [-0.3, -0.25) is 4.55 Å². The van der Waals surface area contributed by atoms with Crippen molar-refractivity contribution in [3.8, 4) is 0 Å². The Kier molecular flexibility index (Phi) is 4.38. The minimum atomic E-state index is -4.02. The molecule has 0 saturated heterocycles. The van der Waals surface area contributed by atoms with Crippen LogP contribution >= 0.6 is 0 Å². The average Bonchev–Trinajstić information content (AvgIpc) is 2.94. The zero-order valence-electron chi connectivity index (χ0n) is 13.1. The highest BCUT2D eigenvalue weighted by Crippen LogP contribution is 2.24. The van der Waals surface area contributed by atoms with Gasteiger partial charge >= 0.3 is 0 Å². The number of fused-ring (bicyclic) bond motifs is 3. The fraction of sp³-hybridized carbons (Fsp3) is 0.0526. The van der Waals surface area contributed by atoms with Crippen LogP contribution in [0.15, 0.2) is 77.7 Å². The number of aryl methyl sites for hydroxylation is 1. The number of H-pyrrole nitrogens is 1. The van der Waals surface area contributed by atoms with Crippen LogP contribution in [0.5, 0.6) is 0 Å². The Hall–Kier alpha value is -2.63. The van der Waals surface area contributed by atoms with Crippen LogP contribution in [0.4, 0.5) is 0 Å². The van der Waals surface area contributed by atoms with Crippen molar-refractivity contribution >= 4 is 31.9 Å². The minimum Gasteiger partial charge on any atom is -0.355 e. The third-order valence-corrected chi connectivity index (χ3v) is 4.60. The van der Waals surface area contributed by atoms with Crippen LogP contribution in [0.1, 0.15) is 5.56 Å². The first-order valence-corrected chi connectivity index (χ1v) is 8.89. The summed E-state index contributed by atoms with van der Waals surface area (Å²) in [5, 5.41) is 2.61. The molecule has 24 heavy (non-hydrogen) atoms. The van der Waals surface area contributed by atoms with E-state index in [0.717, 1.165) is 5.56 Å². The zero-order chi connectivity index (χ0) is 17.2. The third-order valence-electron chi connectivity index (χ3n) is 3.73. The molecule has 4 rings (SSSR count). The fourth-order valence-electron chi connectivity index (χ4n) is 2.51. The highest BCUT2D eigenvalue weighted by atomic mass is 32.2. The molecule has 0 aliphatic carbocycles. The maximum Gasteiger partial charge on any atom is 0.294 e. The number of aromatic nitrogens is 1.